The Balaban J connectivity index is 1.45. The zero-order chi connectivity index (χ0) is 24.7. The SMILES string of the molecule is Cc1nn(C)cc1CN(C)C(=O)C[C@@]1(c2ccc(-c3ccccc3)cc2)CC(=O)N(C2CC2)C1=O. The molecule has 7 heteroatoms. The van der Waals surface area contributed by atoms with E-state index in [1.54, 1.807) is 16.6 Å². The Morgan fingerprint density at radius 2 is 1.71 bits per heavy atom. The van der Waals surface area contributed by atoms with E-state index in [0.29, 0.717) is 6.54 Å². The summed E-state index contributed by atoms with van der Waals surface area (Å²) in [5, 5.41) is 4.35. The van der Waals surface area contributed by atoms with E-state index in [1.807, 2.05) is 74.8 Å². The second-order valence-corrected chi connectivity index (χ2v) is 9.84. The van der Waals surface area contributed by atoms with E-state index in [9.17, 15) is 14.4 Å². The standard InChI is InChI=1S/C28H30N4O3/c1-19-22(18-31(3)29-19)17-30(2)25(33)15-28(16-26(34)32(27(28)35)24-13-14-24)23-11-9-21(10-12-23)20-7-5-4-6-8-20/h4-12,18,24H,13-17H2,1-3H3/t28-/m0/s1. The first-order chi connectivity index (χ1) is 16.8. The number of hydrogen-bond donors (Lipinski definition) is 0. The van der Waals surface area contributed by atoms with E-state index in [0.717, 1.165) is 40.8 Å². The number of nitrogens with zero attached hydrogens (tertiary/aromatic N) is 4. The lowest BCUT2D eigenvalue weighted by atomic mass is 9.75. The summed E-state index contributed by atoms with van der Waals surface area (Å²) in [6.07, 6.45) is 3.57. The maximum atomic E-state index is 13.8. The molecule has 180 valence electrons. The molecule has 2 aromatic carbocycles. The van der Waals surface area contributed by atoms with Crippen LogP contribution in [0.5, 0.6) is 0 Å². The Morgan fingerprint density at radius 3 is 2.31 bits per heavy atom. The molecule has 1 saturated carbocycles. The van der Waals surface area contributed by atoms with E-state index < -0.39 is 5.41 Å². The summed E-state index contributed by atoms with van der Waals surface area (Å²) in [5.41, 5.74) is 3.46. The van der Waals surface area contributed by atoms with Crippen LogP contribution in [-0.4, -0.2) is 50.4 Å². The van der Waals surface area contributed by atoms with E-state index in [-0.39, 0.29) is 36.6 Å². The second-order valence-electron chi connectivity index (χ2n) is 9.84. The number of carbonyl (C=O) groups is 3. The summed E-state index contributed by atoms with van der Waals surface area (Å²) in [6, 6.07) is 17.7. The molecule has 1 saturated heterocycles. The molecule has 1 atom stereocenters. The summed E-state index contributed by atoms with van der Waals surface area (Å²) in [5.74, 6) is -0.584. The first-order valence-electron chi connectivity index (χ1n) is 12.0. The van der Waals surface area contributed by atoms with Gasteiger partial charge in [-0.25, -0.2) is 0 Å². The van der Waals surface area contributed by atoms with Crippen LogP contribution in [0.4, 0.5) is 0 Å². The fourth-order valence-corrected chi connectivity index (χ4v) is 5.08. The van der Waals surface area contributed by atoms with Crippen molar-refractivity contribution in [3.05, 3.63) is 77.6 Å². The van der Waals surface area contributed by atoms with Gasteiger partial charge in [-0.1, -0.05) is 54.6 Å². The zero-order valence-corrected chi connectivity index (χ0v) is 20.4. The van der Waals surface area contributed by atoms with Crippen LogP contribution in [-0.2, 0) is 33.4 Å². The molecule has 7 nitrogen and oxygen atoms in total. The highest BCUT2D eigenvalue weighted by Crippen LogP contribution is 2.44. The van der Waals surface area contributed by atoms with Crippen molar-refractivity contribution in [2.45, 2.75) is 50.6 Å². The minimum absolute atomic E-state index is 0.0219. The van der Waals surface area contributed by atoms with Crippen molar-refractivity contribution >= 4 is 17.7 Å². The van der Waals surface area contributed by atoms with Crippen molar-refractivity contribution in [3.8, 4) is 11.1 Å². The predicted octanol–water partition coefficient (Wildman–Crippen LogP) is 3.60. The average Bonchev–Trinajstić information content (AvgIpc) is 3.58. The Bertz CT molecular complexity index is 1280. The van der Waals surface area contributed by atoms with Gasteiger partial charge < -0.3 is 4.90 Å². The van der Waals surface area contributed by atoms with Gasteiger partial charge in [0.1, 0.15) is 0 Å². The summed E-state index contributed by atoms with van der Waals surface area (Å²) in [4.78, 5) is 43.3. The summed E-state index contributed by atoms with van der Waals surface area (Å²) < 4.78 is 1.73. The van der Waals surface area contributed by atoms with Crippen LogP contribution in [0.15, 0.2) is 60.8 Å². The van der Waals surface area contributed by atoms with Crippen molar-refractivity contribution in [1.82, 2.24) is 19.6 Å². The third-order valence-electron chi connectivity index (χ3n) is 7.21. The normalized spacial score (nSPS) is 19.9. The fraction of sp³-hybridized carbons (Fsp3) is 0.357. The molecule has 2 aliphatic rings. The van der Waals surface area contributed by atoms with Gasteiger partial charge in [-0.05, 0) is 36.5 Å². The monoisotopic (exact) mass is 470 g/mol. The minimum atomic E-state index is -1.18. The number of aromatic nitrogens is 2. The van der Waals surface area contributed by atoms with E-state index >= 15 is 0 Å². The third-order valence-corrected chi connectivity index (χ3v) is 7.21. The largest absolute Gasteiger partial charge is 0.341 e. The van der Waals surface area contributed by atoms with Gasteiger partial charge in [0.2, 0.25) is 17.7 Å². The van der Waals surface area contributed by atoms with Crippen LogP contribution >= 0.6 is 0 Å². The molecule has 2 heterocycles. The number of rotatable bonds is 7. The maximum absolute atomic E-state index is 13.8. The molecule has 0 bridgehead atoms. The number of benzene rings is 2. The molecule has 1 aromatic heterocycles. The number of imide groups is 1. The first kappa shape index (κ1) is 23.0. The number of hydrogen-bond acceptors (Lipinski definition) is 4. The molecule has 0 unspecified atom stereocenters. The Kier molecular flexibility index (Phi) is 5.79. The van der Waals surface area contributed by atoms with E-state index in [2.05, 4.69) is 5.10 Å². The van der Waals surface area contributed by atoms with Crippen molar-refractivity contribution in [2.24, 2.45) is 7.05 Å². The van der Waals surface area contributed by atoms with Crippen LogP contribution in [0.1, 0.15) is 42.5 Å². The van der Waals surface area contributed by atoms with Crippen molar-refractivity contribution in [2.75, 3.05) is 7.05 Å². The van der Waals surface area contributed by atoms with E-state index in [4.69, 9.17) is 0 Å². The molecule has 1 aliphatic heterocycles. The quantitative estimate of drug-likeness (QED) is 0.495. The topological polar surface area (TPSA) is 75.5 Å². The van der Waals surface area contributed by atoms with Crippen molar-refractivity contribution in [1.29, 1.82) is 0 Å². The number of aryl methyl sites for hydroxylation is 2. The zero-order valence-electron chi connectivity index (χ0n) is 20.4. The van der Waals surface area contributed by atoms with Crippen molar-refractivity contribution < 1.29 is 14.4 Å². The molecule has 3 aromatic rings. The number of amides is 3. The van der Waals surface area contributed by atoms with Crippen LogP contribution in [0, 0.1) is 6.92 Å². The van der Waals surface area contributed by atoms with Gasteiger partial charge in [0.15, 0.2) is 0 Å². The predicted molar refractivity (Wildman–Crippen MR) is 132 cm³/mol. The lowest BCUT2D eigenvalue weighted by molar-refractivity contribution is -0.143. The van der Waals surface area contributed by atoms with Crippen LogP contribution in [0.3, 0.4) is 0 Å². The summed E-state index contributed by atoms with van der Waals surface area (Å²) >= 11 is 0. The lowest BCUT2D eigenvalue weighted by Crippen LogP contribution is -2.43. The molecule has 1 aliphatic carbocycles. The molecule has 5 rings (SSSR count). The van der Waals surface area contributed by atoms with Gasteiger partial charge in [-0.2, -0.15) is 5.10 Å². The molecule has 3 amide bonds. The Hall–Kier alpha value is -3.74. The van der Waals surface area contributed by atoms with Gasteiger partial charge >= 0.3 is 0 Å². The Labute approximate surface area is 205 Å². The third kappa shape index (κ3) is 4.27. The summed E-state index contributed by atoms with van der Waals surface area (Å²) in [6.45, 7) is 2.31. The second kappa shape index (κ2) is 8.80. The molecule has 2 fully saturated rings. The molecule has 0 spiro atoms. The average molecular weight is 471 g/mol. The first-order valence-corrected chi connectivity index (χ1v) is 12.0. The number of likely N-dealkylation sites (tertiary alicyclic amines) is 1. The Morgan fingerprint density at radius 1 is 1.06 bits per heavy atom. The van der Waals surface area contributed by atoms with Gasteiger partial charge in [-0.3, -0.25) is 24.0 Å². The summed E-state index contributed by atoms with van der Waals surface area (Å²) in [7, 11) is 3.59. The highest BCUT2D eigenvalue weighted by Gasteiger charge is 2.57. The van der Waals surface area contributed by atoms with Crippen LogP contribution in [0.25, 0.3) is 11.1 Å². The highest BCUT2D eigenvalue weighted by molar-refractivity contribution is 6.11. The smallest absolute Gasteiger partial charge is 0.241 e. The molecular weight excluding hydrogens is 440 g/mol. The number of carbonyl (C=O) groups excluding carboxylic acids is 3. The minimum Gasteiger partial charge on any atom is -0.341 e. The van der Waals surface area contributed by atoms with Gasteiger partial charge in [-0.15, -0.1) is 0 Å². The van der Waals surface area contributed by atoms with Crippen LogP contribution < -0.4 is 0 Å². The molecule has 0 N–H and O–H groups in total. The highest BCUT2D eigenvalue weighted by atomic mass is 16.2. The van der Waals surface area contributed by atoms with Gasteiger partial charge in [0.05, 0.1) is 11.1 Å². The van der Waals surface area contributed by atoms with Gasteiger partial charge in [0.25, 0.3) is 0 Å². The maximum Gasteiger partial charge on any atom is 0.241 e. The fourth-order valence-electron chi connectivity index (χ4n) is 5.08. The molecular formula is C28H30N4O3. The van der Waals surface area contributed by atoms with Gasteiger partial charge in [0, 0.05) is 51.3 Å². The molecule has 0 radical (unpaired) electrons. The van der Waals surface area contributed by atoms with Crippen LogP contribution in [0.2, 0.25) is 0 Å². The molecule has 35 heavy (non-hydrogen) atoms. The lowest BCUT2D eigenvalue weighted by Gasteiger charge is -2.29. The van der Waals surface area contributed by atoms with Crippen molar-refractivity contribution in [3.63, 3.8) is 0 Å². The van der Waals surface area contributed by atoms with E-state index in [1.165, 1.54) is 4.90 Å².